The van der Waals surface area contributed by atoms with Crippen LogP contribution in [-0.4, -0.2) is 5.91 Å². The predicted molar refractivity (Wildman–Crippen MR) is 85.4 cm³/mol. The summed E-state index contributed by atoms with van der Waals surface area (Å²) in [7, 11) is 0. The second-order valence-corrected chi connectivity index (χ2v) is 5.96. The van der Waals surface area contributed by atoms with Crippen molar-refractivity contribution in [2.24, 2.45) is 0 Å². The fourth-order valence-corrected chi connectivity index (χ4v) is 2.41. The minimum Gasteiger partial charge on any atom is -0.398 e. The van der Waals surface area contributed by atoms with Crippen molar-refractivity contribution >= 4 is 49.1 Å². The van der Waals surface area contributed by atoms with Gasteiger partial charge in [0.15, 0.2) is 0 Å². The van der Waals surface area contributed by atoms with E-state index in [2.05, 4.69) is 37.2 Å². The van der Waals surface area contributed by atoms with E-state index < -0.39 is 0 Å². The summed E-state index contributed by atoms with van der Waals surface area (Å²) < 4.78 is 1.75. The highest BCUT2D eigenvalue weighted by Gasteiger charge is 2.12. The molecule has 19 heavy (non-hydrogen) atoms. The quantitative estimate of drug-likeness (QED) is 0.757. The summed E-state index contributed by atoms with van der Waals surface area (Å²) >= 11 is 6.70. The molecule has 5 heteroatoms. The predicted octanol–water partition coefficient (Wildman–Crippen LogP) is 4.35. The molecule has 0 aliphatic carbocycles. The molecule has 3 N–H and O–H groups in total. The van der Waals surface area contributed by atoms with Gasteiger partial charge in [0.25, 0.3) is 5.91 Å². The van der Waals surface area contributed by atoms with Gasteiger partial charge in [-0.25, -0.2) is 0 Å². The monoisotopic (exact) mass is 382 g/mol. The summed E-state index contributed by atoms with van der Waals surface area (Å²) in [4.78, 5) is 12.2. The Morgan fingerprint density at radius 2 is 1.74 bits per heavy atom. The SMILES string of the molecule is Cc1c(N)cc(Br)cc1C(=O)Nc1ccc(Br)cc1. The molecular formula is C14H12Br2N2O. The minimum absolute atomic E-state index is 0.173. The van der Waals surface area contributed by atoms with Crippen LogP contribution in [0.15, 0.2) is 45.3 Å². The van der Waals surface area contributed by atoms with Gasteiger partial charge < -0.3 is 11.1 Å². The van der Waals surface area contributed by atoms with Crippen LogP contribution in [0.25, 0.3) is 0 Å². The zero-order chi connectivity index (χ0) is 14.0. The molecule has 0 saturated heterocycles. The Morgan fingerprint density at radius 1 is 1.11 bits per heavy atom. The molecule has 0 aliphatic rings. The summed E-state index contributed by atoms with van der Waals surface area (Å²) in [6, 6.07) is 11.0. The van der Waals surface area contributed by atoms with E-state index in [0.29, 0.717) is 11.3 Å². The van der Waals surface area contributed by atoms with Gasteiger partial charge in [0.2, 0.25) is 0 Å². The first-order valence-electron chi connectivity index (χ1n) is 5.60. The molecule has 0 bridgehead atoms. The highest BCUT2D eigenvalue weighted by molar-refractivity contribution is 9.10. The van der Waals surface area contributed by atoms with E-state index in [4.69, 9.17) is 5.73 Å². The largest absolute Gasteiger partial charge is 0.398 e. The second kappa shape index (κ2) is 5.75. The Balaban J connectivity index is 2.27. The van der Waals surface area contributed by atoms with Crippen LogP contribution in [0.4, 0.5) is 11.4 Å². The molecule has 0 fully saturated rings. The normalized spacial score (nSPS) is 10.3. The van der Waals surface area contributed by atoms with Crippen LogP contribution >= 0.6 is 31.9 Å². The molecule has 0 atom stereocenters. The number of benzene rings is 2. The molecule has 2 aromatic carbocycles. The second-order valence-electron chi connectivity index (χ2n) is 4.13. The van der Waals surface area contributed by atoms with Crippen LogP contribution in [-0.2, 0) is 0 Å². The van der Waals surface area contributed by atoms with E-state index in [1.165, 1.54) is 0 Å². The van der Waals surface area contributed by atoms with Gasteiger partial charge in [-0.1, -0.05) is 31.9 Å². The van der Waals surface area contributed by atoms with Gasteiger partial charge in [-0.3, -0.25) is 4.79 Å². The highest BCUT2D eigenvalue weighted by Crippen LogP contribution is 2.24. The molecule has 2 aromatic rings. The van der Waals surface area contributed by atoms with Crippen LogP contribution in [0.2, 0.25) is 0 Å². The number of halogens is 2. The average Bonchev–Trinajstić information content (AvgIpc) is 2.36. The van der Waals surface area contributed by atoms with Crippen LogP contribution < -0.4 is 11.1 Å². The number of nitrogens with two attached hydrogens (primary N) is 1. The Morgan fingerprint density at radius 3 is 2.37 bits per heavy atom. The third-order valence-electron chi connectivity index (χ3n) is 2.76. The summed E-state index contributed by atoms with van der Waals surface area (Å²) in [5, 5.41) is 2.84. The molecule has 0 spiro atoms. The molecular weight excluding hydrogens is 372 g/mol. The maximum Gasteiger partial charge on any atom is 0.256 e. The van der Waals surface area contributed by atoms with Crippen molar-refractivity contribution < 1.29 is 4.79 Å². The van der Waals surface area contributed by atoms with Gasteiger partial charge in [-0.15, -0.1) is 0 Å². The molecule has 3 nitrogen and oxygen atoms in total. The van der Waals surface area contributed by atoms with Crippen LogP contribution in [0.3, 0.4) is 0 Å². The van der Waals surface area contributed by atoms with Crippen molar-refractivity contribution in [3.05, 3.63) is 56.5 Å². The van der Waals surface area contributed by atoms with Crippen molar-refractivity contribution in [2.45, 2.75) is 6.92 Å². The Labute approximate surface area is 128 Å². The van der Waals surface area contributed by atoms with Gasteiger partial charge in [-0.2, -0.15) is 0 Å². The van der Waals surface area contributed by atoms with Crippen molar-refractivity contribution in [2.75, 3.05) is 11.1 Å². The van der Waals surface area contributed by atoms with E-state index in [1.807, 2.05) is 31.2 Å². The van der Waals surface area contributed by atoms with E-state index >= 15 is 0 Å². The number of hydrogen-bond donors (Lipinski definition) is 2. The number of nitrogen functional groups attached to an aromatic ring is 1. The number of rotatable bonds is 2. The highest BCUT2D eigenvalue weighted by atomic mass is 79.9. The Hall–Kier alpha value is -1.33. The number of nitrogens with one attached hydrogen (secondary N) is 1. The standard InChI is InChI=1S/C14H12Br2N2O/c1-8-12(6-10(16)7-13(8)17)14(19)18-11-4-2-9(15)3-5-11/h2-7H,17H2,1H3,(H,18,19). The van der Waals surface area contributed by atoms with E-state index in [0.717, 1.165) is 20.2 Å². The molecule has 0 aliphatic heterocycles. The number of carbonyl (C=O) groups is 1. The third kappa shape index (κ3) is 3.36. The van der Waals surface area contributed by atoms with Gasteiger partial charge in [-0.05, 0) is 48.9 Å². The summed E-state index contributed by atoms with van der Waals surface area (Å²) in [6.45, 7) is 1.83. The first kappa shape index (κ1) is 14.1. The number of anilines is 2. The smallest absolute Gasteiger partial charge is 0.256 e. The van der Waals surface area contributed by atoms with Gasteiger partial charge in [0.05, 0.1) is 0 Å². The van der Waals surface area contributed by atoms with E-state index in [9.17, 15) is 4.79 Å². The van der Waals surface area contributed by atoms with Crippen molar-refractivity contribution in [1.82, 2.24) is 0 Å². The fourth-order valence-electron chi connectivity index (χ4n) is 1.67. The summed E-state index contributed by atoms with van der Waals surface area (Å²) in [5.74, 6) is -0.173. The summed E-state index contributed by atoms with van der Waals surface area (Å²) in [5.41, 5.74) is 8.53. The summed E-state index contributed by atoms with van der Waals surface area (Å²) in [6.07, 6.45) is 0. The average molecular weight is 384 g/mol. The maximum atomic E-state index is 12.2. The Bertz CT molecular complexity index is 624. The maximum absolute atomic E-state index is 12.2. The molecule has 0 unspecified atom stereocenters. The first-order chi connectivity index (χ1) is 8.97. The number of hydrogen-bond acceptors (Lipinski definition) is 2. The van der Waals surface area contributed by atoms with Crippen molar-refractivity contribution in [3.63, 3.8) is 0 Å². The van der Waals surface area contributed by atoms with Crippen molar-refractivity contribution in [1.29, 1.82) is 0 Å². The lowest BCUT2D eigenvalue weighted by Crippen LogP contribution is -2.14. The van der Waals surface area contributed by atoms with Crippen molar-refractivity contribution in [3.8, 4) is 0 Å². The van der Waals surface area contributed by atoms with Gasteiger partial charge >= 0.3 is 0 Å². The molecule has 2 rings (SSSR count). The lowest BCUT2D eigenvalue weighted by atomic mass is 10.1. The molecule has 0 heterocycles. The van der Waals surface area contributed by atoms with Crippen LogP contribution in [0, 0.1) is 6.92 Å². The first-order valence-corrected chi connectivity index (χ1v) is 7.18. The zero-order valence-electron chi connectivity index (χ0n) is 10.2. The molecule has 1 amide bonds. The number of amides is 1. The number of carbonyl (C=O) groups excluding carboxylic acids is 1. The Kier molecular flexibility index (Phi) is 4.27. The molecule has 0 radical (unpaired) electrons. The van der Waals surface area contributed by atoms with Crippen LogP contribution in [0.1, 0.15) is 15.9 Å². The molecule has 0 aromatic heterocycles. The zero-order valence-corrected chi connectivity index (χ0v) is 13.4. The van der Waals surface area contributed by atoms with Crippen LogP contribution in [0.5, 0.6) is 0 Å². The molecule has 0 saturated carbocycles. The lowest BCUT2D eigenvalue weighted by molar-refractivity contribution is 0.102. The van der Waals surface area contributed by atoms with E-state index in [1.54, 1.807) is 12.1 Å². The van der Waals surface area contributed by atoms with Gasteiger partial charge in [0, 0.05) is 25.9 Å². The molecule has 98 valence electrons. The fraction of sp³-hybridized carbons (Fsp3) is 0.0714. The third-order valence-corrected chi connectivity index (χ3v) is 3.75. The topological polar surface area (TPSA) is 55.1 Å². The van der Waals surface area contributed by atoms with E-state index in [-0.39, 0.29) is 5.91 Å². The lowest BCUT2D eigenvalue weighted by Gasteiger charge is -2.10. The minimum atomic E-state index is -0.173. The van der Waals surface area contributed by atoms with Gasteiger partial charge in [0.1, 0.15) is 0 Å².